The van der Waals surface area contributed by atoms with E-state index in [0.29, 0.717) is 23.7 Å². The molecule has 1 N–H and O–H groups in total. The largest absolute Gasteiger partial charge is 0.355 e. The summed E-state index contributed by atoms with van der Waals surface area (Å²) in [5.41, 5.74) is 2.05. The van der Waals surface area contributed by atoms with Crippen LogP contribution in [0.3, 0.4) is 0 Å². The van der Waals surface area contributed by atoms with Crippen LogP contribution in [0.4, 0.5) is 0 Å². The summed E-state index contributed by atoms with van der Waals surface area (Å²) in [5, 5.41) is 8.33. The monoisotopic (exact) mass is 383 g/mol. The number of fused-ring (bicyclic) bond motifs is 1. The molecule has 1 amide bonds. The summed E-state index contributed by atoms with van der Waals surface area (Å²) in [6, 6.07) is 16.8. The number of halogens is 1. The minimum Gasteiger partial charge on any atom is -0.355 e. The molecule has 4 aromatic rings. The summed E-state index contributed by atoms with van der Waals surface area (Å²) in [6.07, 6.45) is 0.674. The van der Waals surface area contributed by atoms with Gasteiger partial charge in [0, 0.05) is 29.6 Å². The van der Waals surface area contributed by atoms with Crippen molar-refractivity contribution in [1.29, 1.82) is 0 Å². The normalized spacial score (nSPS) is 11.0. The van der Waals surface area contributed by atoms with E-state index in [2.05, 4.69) is 15.5 Å². The zero-order valence-electron chi connectivity index (χ0n) is 13.6. The molecule has 2 aromatic heterocycles. The van der Waals surface area contributed by atoms with Gasteiger partial charge in [0.15, 0.2) is 11.5 Å². The van der Waals surface area contributed by atoms with Gasteiger partial charge < -0.3 is 9.84 Å². The molecular weight excluding hydrogens is 370 g/mol. The maximum Gasteiger partial charge on any atom is 0.273 e. The topological polar surface area (TPSA) is 68.0 Å². The van der Waals surface area contributed by atoms with Crippen molar-refractivity contribution in [1.82, 2.24) is 15.5 Å². The van der Waals surface area contributed by atoms with Crippen LogP contribution in [0.1, 0.15) is 15.5 Å². The van der Waals surface area contributed by atoms with Crippen LogP contribution in [-0.2, 0) is 6.42 Å². The first-order valence-corrected chi connectivity index (χ1v) is 9.24. The molecule has 0 saturated heterocycles. The van der Waals surface area contributed by atoms with Crippen LogP contribution in [0.2, 0.25) is 5.02 Å². The number of amides is 1. The van der Waals surface area contributed by atoms with E-state index in [-0.39, 0.29) is 11.6 Å². The second kappa shape index (κ2) is 7.27. The third kappa shape index (κ3) is 3.61. The van der Waals surface area contributed by atoms with Crippen LogP contribution in [0.15, 0.2) is 59.1 Å². The first-order valence-electron chi connectivity index (χ1n) is 8.04. The van der Waals surface area contributed by atoms with Crippen molar-refractivity contribution in [2.75, 3.05) is 6.54 Å². The lowest BCUT2D eigenvalue weighted by molar-refractivity contribution is 0.0945. The number of carbonyl (C=O) groups is 1. The van der Waals surface area contributed by atoms with Crippen LogP contribution < -0.4 is 5.32 Å². The van der Waals surface area contributed by atoms with E-state index >= 15 is 0 Å². The molecule has 0 radical (unpaired) electrons. The van der Waals surface area contributed by atoms with Gasteiger partial charge in [0.2, 0.25) is 0 Å². The molecule has 0 aliphatic rings. The van der Waals surface area contributed by atoms with Crippen molar-refractivity contribution < 1.29 is 9.32 Å². The Morgan fingerprint density at radius 2 is 1.96 bits per heavy atom. The van der Waals surface area contributed by atoms with Gasteiger partial charge in [-0.05, 0) is 36.4 Å². The fourth-order valence-electron chi connectivity index (χ4n) is 2.53. The lowest BCUT2D eigenvalue weighted by Crippen LogP contribution is -2.25. The SMILES string of the molecule is O=C(NCCc1nc2ccccc2s1)c1cc(-c2ccc(Cl)cc2)on1. The molecule has 7 heteroatoms. The van der Waals surface area contributed by atoms with Crippen molar-refractivity contribution >= 4 is 39.1 Å². The van der Waals surface area contributed by atoms with Crippen molar-refractivity contribution in [3.63, 3.8) is 0 Å². The van der Waals surface area contributed by atoms with Gasteiger partial charge in [-0.2, -0.15) is 0 Å². The van der Waals surface area contributed by atoms with Crippen LogP contribution in [-0.4, -0.2) is 22.6 Å². The maximum atomic E-state index is 12.2. The van der Waals surface area contributed by atoms with Crippen molar-refractivity contribution in [3.05, 3.63) is 70.3 Å². The van der Waals surface area contributed by atoms with Crippen molar-refractivity contribution in [2.24, 2.45) is 0 Å². The van der Waals surface area contributed by atoms with Gasteiger partial charge in [0.05, 0.1) is 15.2 Å². The van der Waals surface area contributed by atoms with Gasteiger partial charge in [-0.3, -0.25) is 4.79 Å². The molecule has 0 aliphatic carbocycles. The number of carbonyl (C=O) groups excluding carboxylic acids is 1. The molecule has 0 fully saturated rings. The standard InChI is InChI=1S/C19H14ClN3O2S/c20-13-7-5-12(6-8-13)16-11-15(23-25-16)19(24)21-10-9-18-22-14-3-1-2-4-17(14)26-18/h1-8,11H,9-10H2,(H,21,24). The number of rotatable bonds is 5. The lowest BCUT2D eigenvalue weighted by atomic mass is 10.1. The highest BCUT2D eigenvalue weighted by Crippen LogP contribution is 2.23. The molecule has 2 heterocycles. The first kappa shape index (κ1) is 16.8. The van der Waals surface area contributed by atoms with Crippen LogP contribution in [0.5, 0.6) is 0 Å². The van der Waals surface area contributed by atoms with Gasteiger partial charge in [0.1, 0.15) is 0 Å². The van der Waals surface area contributed by atoms with E-state index < -0.39 is 0 Å². The summed E-state index contributed by atoms with van der Waals surface area (Å²) in [7, 11) is 0. The third-order valence-electron chi connectivity index (χ3n) is 3.83. The van der Waals surface area contributed by atoms with E-state index in [4.69, 9.17) is 16.1 Å². The average Bonchev–Trinajstić information content (AvgIpc) is 3.29. The van der Waals surface area contributed by atoms with Crippen LogP contribution in [0, 0.1) is 0 Å². The quantitative estimate of drug-likeness (QED) is 0.547. The molecule has 0 unspecified atom stereocenters. The van der Waals surface area contributed by atoms with Gasteiger partial charge >= 0.3 is 0 Å². The highest BCUT2D eigenvalue weighted by Gasteiger charge is 2.13. The summed E-state index contributed by atoms with van der Waals surface area (Å²) in [5.74, 6) is 0.257. The Balaban J connectivity index is 1.37. The van der Waals surface area contributed by atoms with E-state index in [1.165, 1.54) is 0 Å². The number of nitrogens with one attached hydrogen (secondary N) is 1. The molecule has 26 heavy (non-hydrogen) atoms. The Labute approximate surface area is 158 Å². The van der Waals surface area contributed by atoms with E-state index in [0.717, 1.165) is 20.8 Å². The van der Waals surface area contributed by atoms with E-state index in [9.17, 15) is 4.79 Å². The lowest BCUT2D eigenvalue weighted by Gasteiger charge is -2.00. The summed E-state index contributed by atoms with van der Waals surface area (Å²) < 4.78 is 6.40. The highest BCUT2D eigenvalue weighted by molar-refractivity contribution is 7.18. The summed E-state index contributed by atoms with van der Waals surface area (Å²) in [4.78, 5) is 16.8. The number of para-hydroxylation sites is 1. The minimum absolute atomic E-state index is 0.249. The van der Waals surface area contributed by atoms with Gasteiger partial charge in [0.25, 0.3) is 5.91 Å². The number of aromatic nitrogens is 2. The van der Waals surface area contributed by atoms with E-state index in [1.807, 2.05) is 36.4 Å². The van der Waals surface area contributed by atoms with Gasteiger partial charge in [-0.1, -0.05) is 28.9 Å². The number of thiazole rings is 1. The van der Waals surface area contributed by atoms with Crippen molar-refractivity contribution in [3.8, 4) is 11.3 Å². The fourth-order valence-corrected chi connectivity index (χ4v) is 3.63. The van der Waals surface area contributed by atoms with Gasteiger partial charge in [-0.25, -0.2) is 4.98 Å². The number of benzene rings is 2. The Bertz CT molecular complexity index is 1020. The molecular formula is C19H14ClN3O2S. The van der Waals surface area contributed by atoms with E-state index in [1.54, 1.807) is 29.5 Å². The number of nitrogens with zero attached hydrogens (tertiary/aromatic N) is 2. The zero-order valence-corrected chi connectivity index (χ0v) is 15.2. The Hall–Kier alpha value is -2.70. The maximum absolute atomic E-state index is 12.2. The molecule has 5 nitrogen and oxygen atoms in total. The third-order valence-corrected chi connectivity index (χ3v) is 5.18. The van der Waals surface area contributed by atoms with Gasteiger partial charge in [-0.15, -0.1) is 11.3 Å². The number of hydrogen-bond acceptors (Lipinski definition) is 5. The van der Waals surface area contributed by atoms with Crippen LogP contribution >= 0.6 is 22.9 Å². The Morgan fingerprint density at radius 1 is 1.15 bits per heavy atom. The van der Waals surface area contributed by atoms with Crippen LogP contribution in [0.25, 0.3) is 21.5 Å². The second-order valence-corrected chi connectivity index (χ2v) is 7.22. The number of hydrogen-bond donors (Lipinski definition) is 1. The predicted octanol–water partition coefficient (Wildman–Crippen LogP) is 4.58. The van der Waals surface area contributed by atoms with Crippen molar-refractivity contribution in [2.45, 2.75) is 6.42 Å². The molecule has 2 aromatic carbocycles. The molecule has 0 aliphatic heterocycles. The zero-order chi connectivity index (χ0) is 17.9. The Kier molecular flexibility index (Phi) is 4.69. The smallest absolute Gasteiger partial charge is 0.273 e. The highest BCUT2D eigenvalue weighted by atomic mass is 35.5. The average molecular weight is 384 g/mol. The molecule has 0 atom stereocenters. The summed E-state index contributed by atoms with van der Waals surface area (Å²) in [6.45, 7) is 0.488. The molecule has 130 valence electrons. The predicted molar refractivity (Wildman–Crippen MR) is 103 cm³/mol. The molecule has 0 spiro atoms. The molecule has 4 rings (SSSR count). The minimum atomic E-state index is -0.268. The Morgan fingerprint density at radius 3 is 2.77 bits per heavy atom. The summed E-state index contributed by atoms with van der Waals surface area (Å²) >= 11 is 7.51. The molecule has 0 saturated carbocycles. The molecule has 0 bridgehead atoms. The fraction of sp³-hybridized carbons (Fsp3) is 0.105. The second-order valence-electron chi connectivity index (χ2n) is 5.66. The first-order chi connectivity index (χ1) is 12.7.